The molecule has 2 aliphatic rings. The van der Waals surface area contributed by atoms with Crippen LogP contribution in [0.3, 0.4) is 0 Å². The fourth-order valence-corrected chi connectivity index (χ4v) is 4.86. The first-order valence-corrected chi connectivity index (χ1v) is 9.59. The molecule has 5 N–H and O–H groups in total. The molecule has 0 bridgehead atoms. The molecule has 140 valence electrons. The first-order chi connectivity index (χ1) is 12.8. The number of carbonyl (C=O) groups is 1. The van der Waals surface area contributed by atoms with Gasteiger partial charge >= 0.3 is 0 Å². The summed E-state index contributed by atoms with van der Waals surface area (Å²) in [6.45, 7) is 2.32. The van der Waals surface area contributed by atoms with Gasteiger partial charge in [-0.15, -0.1) is 0 Å². The summed E-state index contributed by atoms with van der Waals surface area (Å²) in [6.07, 6.45) is 3.73. The Hall–Kier alpha value is -1.85. The van der Waals surface area contributed by atoms with Gasteiger partial charge in [-0.1, -0.05) is 71.2 Å². The highest BCUT2D eigenvalue weighted by molar-refractivity contribution is 6.35. The second kappa shape index (κ2) is 6.35. The summed E-state index contributed by atoms with van der Waals surface area (Å²) in [7, 11) is 0. The topological polar surface area (TPSA) is 81.1 Å². The number of benzene rings is 2. The third-order valence-electron chi connectivity index (χ3n) is 5.93. The van der Waals surface area contributed by atoms with Crippen molar-refractivity contribution in [3.05, 3.63) is 81.4 Å². The van der Waals surface area contributed by atoms with Crippen molar-refractivity contribution in [3.63, 3.8) is 0 Å². The van der Waals surface area contributed by atoms with Gasteiger partial charge in [0, 0.05) is 28.4 Å². The average molecular weight is 402 g/mol. The molecular formula is C21H21Cl2N3O. The van der Waals surface area contributed by atoms with E-state index in [0.29, 0.717) is 10.0 Å². The van der Waals surface area contributed by atoms with E-state index in [0.717, 1.165) is 11.1 Å². The Bertz CT molecular complexity index is 943. The van der Waals surface area contributed by atoms with E-state index < -0.39 is 11.1 Å². The predicted molar refractivity (Wildman–Crippen MR) is 109 cm³/mol. The van der Waals surface area contributed by atoms with Crippen LogP contribution in [0.1, 0.15) is 28.5 Å². The molecule has 27 heavy (non-hydrogen) atoms. The minimum absolute atomic E-state index is 0.0707. The van der Waals surface area contributed by atoms with Crippen LogP contribution in [0.25, 0.3) is 0 Å². The van der Waals surface area contributed by atoms with Crippen LogP contribution in [-0.4, -0.2) is 23.5 Å². The zero-order valence-electron chi connectivity index (χ0n) is 14.9. The SMILES string of the molecule is Cc1ccc(C2C=CC3(N)C(=O)NCC3(N)C2c2ccc(Cl)cc2Cl)cc1. The lowest BCUT2D eigenvalue weighted by Crippen LogP contribution is -2.70. The molecule has 2 aromatic carbocycles. The molecule has 4 atom stereocenters. The molecule has 1 aliphatic heterocycles. The molecule has 1 fully saturated rings. The van der Waals surface area contributed by atoms with Crippen molar-refractivity contribution in [1.82, 2.24) is 5.32 Å². The lowest BCUT2D eigenvalue weighted by Gasteiger charge is -2.48. The molecular weight excluding hydrogens is 381 g/mol. The summed E-state index contributed by atoms with van der Waals surface area (Å²) in [5.74, 6) is -0.628. The van der Waals surface area contributed by atoms with Gasteiger partial charge < -0.3 is 16.8 Å². The average Bonchev–Trinajstić information content (AvgIpc) is 2.87. The maximum absolute atomic E-state index is 12.5. The Kier molecular flexibility index (Phi) is 4.35. The fourth-order valence-electron chi connectivity index (χ4n) is 4.33. The highest BCUT2D eigenvalue weighted by atomic mass is 35.5. The monoisotopic (exact) mass is 401 g/mol. The summed E-state index contributed by atoms with van der Waals surface area (Å²) < 4.78 is 0. The molecule has 0 radical (unpaired) electrons. The Morgan fingerprint density at radius 1 is 1.11 bits per heavy atom. The van der Waals surface area contributed by atoms with Crippen molar-refractivity contribution in [1.29, 1.82) is 0 Å². The van der Waals surface area contributed by atoms with Gasteiger partial charge in [-0.2, -0.15) is 0 Å². The van der Waals surface area contributed by atoms with Gasteiger partial charge in [0.15, 0.2) is 0 Å². The van der Waals surface area contributed by atoms with Gasteiger partial charge in [0.2, 0.25) is 5.91 Å². The summed E-state index contributed by atoms with van der Waals surface area (Å²) in [6, 6.07) is 13.7. The number of halogens is 2. The molecule has 4 unspecified atom stereocenters. The number of nitrogens with two attached hydrogens (primary N) is 2. The van der Waals surface area contributed by atoms with Crippen LogP contribution < -0.4 is 16.8 Å². The smallest absolute Gasteiger partial charge is 0.246 e. The van der Waals surface area contributed by atoms with Crippen molar-refractivity contribution in [2.75, 3.05) is 6.54 Å². The highest BCUT2D eigenvalue weighted by Gasteiger charge is 2.62. The first-order valence-electron chi connectivity index (χ1n) is 8.83. The zero-order chi connectivity index (χ0) is 19.4. The Morgan fingerprint density at radius 3 is 2.48 bits per heavy atom. The summed E-state index contributed by atoms with van der Waals surface area (Å²) in [5, 5.41) is 3.91. The van der Waals surface area contributed by atoms with E-state index >= 15 is 0 Å². The number of fused-ring (bicyclic) bond motifs is 1. The number of aryl methyl sites for hydroxylation is 1. The molecule has 0 spiro atoms. The third kappa shape index (κ3) is 2.71. The summed E-state index contributed by atoms with van der Waals surface area (Å²) in [4.78, 5) is 12.5. The number of allylic oxidation sites excluding steroid dienone is 1. The Labute approximate surface area is 168 Å². The molecule has 0 aromatic heterocycles. The standard InChI is InChI=1S/C21H21Cl2N3O/c1-12-2-4-13(5-3-12)15-8-9-20(24)19(27)26-11-21(20,25)18(15)16-7-6-14(22)10-17(16)23/h2-10,15,18H,11,24-25H2,1H3,(H,26,27). The molecule has 6 heteroatoms. The van der Waals surface area contributed by atoms with Crippen LogP contribution in [0, 0.1) is 6.92 Å². The van der Waals surface area contributed by atoms with E-state index in [9.17, 15) is 4.79 Å². The second-order valence-corrected chi connectivity index (χ2v) is 8.37. The van der Waals surface area contributed by atoms with Crippen LogP contribution in [0.5, 0.6) is 0 Å². The van der Waals surface area contributed by atoms with Gasteiger partial charge in [-0.25, -0.2) is 0 Å². The fraction of sp³-hybridized carbons (Fsp3) is 0.286. The molecule has 1 heterocycles. The van der Waals surface area contributed by atoms with Crippen LogP contribution in [0.2, 0.25) is 10.0 Å². The van der Waals surface area contributed by atoms with E-state index in [1.54, 1.807) is 18.2 Å². The molecule has 1 amide bonds. The summed E-state index contributed by atoms with van der Waals surface area (Å²) >= 11 is 12.7. The normalized spacial score (nSPS) is 32.3. The highest BCUT2D eigenvalue weighted by Crippen LogP contribution is 2.51. The molecule has 0 saturated carbocycles. The second-order valence-electron chi connectivity index (χ2n) is 7.53. The first kappa shape index (κ1) is 18.5. The Balaban J connectivity index is 1.94. The van der Waals surface area contributed by atoms with E-state index in [-0.39, 0.29) is 24.3 Å². The van der Waals surface area contributed by atoms with Crippen LogP contribution in [-0.2, 0) is 4.79 Å². The third-order valence-corrected chi connectivity index (χ3v) is 6.49. The quantitative estimate of drug-likeness (QED) is 0.675. The van der Waals surface area contributed by atoms with Gasteiger partial charge in [-0.3, -0.25) is 4.79 Å². The predicted octanol–water partition coefficient (Wildman–Crippen LogP) is 3.26. The molecule has 4 rings (SSSR count). The van der Waals surface area contributed by atoms with E-state index in [2.05, 4.69) is 29.6 Å². The van der Waals surface area contributed by atoms with Crippen molar-refractivity contribution >= 4 is 29.1 Å². The number of rotatable bonds is 2. The minimum Gasteiger partial charge on any atom is -0.352 e. The van der Waals surface area contributed by atoms with Gasteiger partial charge in [0.1, 0.15) is 5.54 Å². The van der Waals surface area contributed by atoms with Crippen LogP contribution in [0.4, 0.5) is 0 Å². The van der Waals surface area contributed by atoms with Crippen molar-refractivity contribution in [2.24, 2.45) is 11.5 Å². The molecule has 2 aromatic rings. The molecule has 1 aliphatic carbocycles. The van der Waals surface area contributed by atoms with E-state index in [1.807, 2.05) is 19.1 Å². The van der Waals surface area contributed by atoms with E-state index in [4.69, 9.17) is 34.7 Å². The lowest BCUT2D eigenvalue weighted by atomic mass is 9.59. The van der Waals surface area contributed by atoms with Crippen molar-refractivity contribution in [2.45, 2.75) is 29.8 Å². The van der Waals surface area contributed by atoms with Crippen molar-refractivity contribution < 1.29 is 4.79 Å². The Morgan fingerprint density at radius 2 is 1.81 bits per heavy atom. The number of hydrogen-bond acceptors (Lipinski definition) is 3. The number of hydrogen-bond donors (Lipinski definition) is 3. The van der Waals surface area contributed by atoms with Crippen LogP contribution in [0.15, 0.2) is 54.6 Å². The van der Waals surface area contributed by atoms with Crippen molar-refractivity contribution in [3.8, 4) is 0 Å². The maximum atomic E-state index is 12.5. The maximum Gasteiger partial charge on any atom is 0.246 e. The minimum atomic E-state index is -1.29. The number of nitrogens with one attached hydrogen (secondary N) is 1. The molecule has 1 saturated heterocycles. The van der Waals surface area contributed by atoms with E-state index in [1.165, 1.54) is 5.56 Å². The van der Waals surface area contributed by atoms with Crippen LogP contribution >= 0.6 is 23.2 Å². The van der Waals surface area contributed by atoms with Gasteiger partial charge in [0.05, 0.1) is 5.54 Å². The zero-order valence-corrected chi connectivity index (χ0v) is 16.4. The summed E-state index contributed by atoms with van der Waals surface area (Å²) in [5.41, 5.74) is 14.2. The number of amides is 1. The van der Waals surface area contributed by atoms with Gasteiger partial charge in [-0.05, 0) is 30.2 Å². The lowest BCUT2D eigenvalue weighted by molar-refractivity contribution is -0.123. The van der Waals surface area contributed by atoms with Gasteiger partial charge in [0.25, 0.3) is 0 Å². The largest absolute Gasteiger partial charge is 0.352 e. The molecule has 4 nitrogen and oxygen atoms in total. The number of carbonyl (C=O) groups excluding carboxylic acids is 1.